The minimum atomic E-state index is -0.715. The molecule has 2 aliphatic heterocycles. The number of likely N-dealkylation sites (tertiary alicyclic amines) is 2. The Morgan fingerprint density at radius 2 is 1.54 bits per heavy atom. The molecule has 4 amide bonds. The zero-order valence-electron chi connectivity index (χ0n) is 26.0. The van der Waals surface area contributed by atoms with Gasteiger partial charge in [0.15, 0.2) is 0 Å². The summed E-state index contributed by atoms with van der Waals surface area (Å²) < 4.78 is 0. The minimum Gasteiger partial charge on any atom is -0.357 e. The van der Waals surface area contributed by atoms with Crippen LogP contribution in [-0.4, -0.2) is 95.7 Å². The summed E-state index contributed by atoms with van der Waals surface area (Å²) in [7, 11) is 3.33. The number of amides is 4. The number of rotatable bonds is 9. The van der Waals surface area contributed by atoms with E-state index in [-0.39, 0.29) is 47.7 Å². The molecule has 0 aromatic rings. The number of likely N-dealkylation sites (N-methyl/N-ethyl adjacent to an activating group) is 2. The molecule has 2 aliphatic rings. The van der Waals surface area contributed by atoms with Gasteiger partial charge in [-0.15, -0.1) is 0 Å². The summed E-state index contributed by atoms with van der Waals surface area (Å²) in [6.07, 6.45) is 6.14. The second-order valence-electron chi connectivity index (χ2n) is 13.0. The molecule has 2 fully saturated rings. The molecule has 0 aromatic heterocycles. The highest BCUT2D eigenvalue weighted by Crippen LogP contribution is 2.26. The van der Waals surface area contributed by atoms with Crippen molar-refractivity contribution in [1.29, 1.82) is 0 Å². The topological polar surface area (TPSA) is 102 Å². The first-order valence-corrected chi connectivity index (χ1v) is 14.7. The molecule has 0 bridgehead atoms. The molecule has 2 saturated heterocycles. The fourth-order valence-corrected chi connectivity index (χ4v) is 5.85. The van der Waals surface area contributed by atoms with E-state index in [4.69, 9.17) is 0 Å². The van der Waals surface area contributed by atoms with Gasteiger partial charge >= 0.3 is 0 Å². The Morgan fingerprint density at radius 3 is 2.08 bits per heavy atom. The Labute approximate surface area is 236 Å². The minimum absolute atomic E-state index is 0.0288. The largest absolute Gasteiger partial charge is 0.357 e. The van der Waals surface area contributed by atoms with Gasteiger partial charge in [-0.2, -0.15) is 0 Å². The summed E-state index contributed by atoms with van der Waals surface area (Å²) in [6, 6.07) is -1.52. The smallest absolute Gasteiger partial charge is 0.249 e. The van der Waals surface area contributed by atoms with Gasteiger partial charge in [-0.1, -0.05) is 47.1 Å². The average Bonchev–Trinajstić information content (AvgIpc) is 3.37. The van der Waals surface area contributed by atoms with E-state index in [1.54, 1.807) is 30.8 Å². The van der Waals surface area contributed by atoms with Gasteiger partial charge in [0.1, 0.15) is 12.1 Å². The summed E-state index contributed by atoms with van der Waals surface area (Å²) in [5.74, 6) is -0.579. The number of carbonyl (C=O) groups is 4. The second-order valence-corrected chi connectivity index (χ2v) is 13.0. The lowest BCUT2D eigenvalue weighted by Crippen LogP contribution is -2.60. The summed E-state index contributed by atoms with van der Waals surface area (Å²) in [5, 5.41) is 5.77. The monoisotopic (exact) mass is 547 g/mol. The van der Waals surface area contributed by atoms with Crippen molar-refractivity contribution in [2.45, 2.75) is 118 Å². The maximum Gasteiger partial charge on any atom is 0.249 e. The first kappa shape index (κ1) is 32.8. The average molecular weight is 548 g/mol. The third-order valence-electron chi connectivity index (χ3n) is 8.21. The number of hydrogen-bond acceptors (Lipinski definition) is 5. The van der Waals surface area contributed by atoms with Crippen LogP contribution in [0.4, 0.5) is 0 Å². The van der Waals surface area contributed by atoms with Crippen molar-refractivity contribution in [3.63, 3.8) is 0 Å². The molecule has 222 valence electrons. The molecule has 39 heavy (non-hydrogen) atoms. The van der Waals surface area contributed by atoms with Crippen molar-refractivity contribution in [2.75, 3.05) is 27.2 Å². The van der Waals surface area contributed by atoms with Gasteiger partial charge in [-0.05, 0) is 64.3 Å². The van der Waals surface area contributed by atoms with Crippen LogP contribution in [0.1, 0.15) is 87.5 Å². The van der Waals surface area contributed by atoms with Crippen LogP contribution in [0.15, 0.2) is 11.6 Å². The van der Waals surface area contributed by atoms with Crippen molar-refractivity contribution in [3.05, 3.63) is 11.6 Å². The Hall–Kier alpha value is -2.42. The molecule has 0 unspecified atom stereocenters. The summed E-state index contributed by atoms with van der Waals surface area (Å²) in [5.41, 5.74) is 0.000316. The van der Waals surface area contributed by atoms with Crippen LogP contribution in [0.2, 0.25) is 0 Å². The van der Waals surface area contributed by atoms with E-state index in [0.717, 1.165) is 32.2 Å². The van der Waals surface area contributed by atoms with Gasteiger partial charge in [0.05, 0.1) is 12.1 Å². The third kappa shape index (κ3) is 8.05. The van der Waals surface area contributed by atoms with Gasteiger partial charge in [0.25, 0.3) is 0 Å². The van der Waals surface area contributed by atoms with Crippen molar-refractivity contribution in [1.82, 2.24) is 25.3 Å². The lowest BCUT2D eigenvalue weighted by atomic mass is 9.84. The normalized spacial score (nSPS) is 22.6. The van der Waals surface area contributed by atoms with Crippen LogP contribution in [0, 0.1) is 11.3 Å². The quantitative estimate of drug-likeness (QED) is 0.432. The van der Waals surface area contributed by atoms with Crippen LogP contribution in [0.3, 0.4) is 0 Å². The predicted molar refractivity (Wildman–Crippen MR) is 155 cm³/mol. The Kier molecular flexibility index (Phi) is 11.6. The number of piperidine rings is 1. The number of nitrogens with one attached hydrogen (secondary N) is 2. The fraction of sp³-hybridized carbons (Fsp3) is 0.800. The first-order chi connectivity index (χ1) is 18.1. The van der Waals surface area contributed by atoms with Crippen LogP contribution < -0.4 is 10.6 Å². The van der Waals surface area contributed by atoms with Gasteiger partial charge in [0.2, 0.25) is 23.6 Å². The van der Waals surface area contributed by atoms with E-state index in [2.05, 4.69) is 29.4 Å². The van der Waals surface area contributed by atoms with E-state index in [1.165, 1.54) is 0 Å². The van der Waals surface area contributed by atoms with E-state index in [9.17, 15) is 19.2 Å². The maximum atomic E-state index is 14.0. The van der Waals surface area contributed by atoms with E-state index in [1.807, 2.05) is 40.7 Å². The fourth-order valence-electron chi connectivity index (χ4n) is 5.85. The predicted octanol–water partition coefficient (Wildman–Crippen LogP) is 2.95. The molecule has 0 radical (unpaired) electrons. The molecule has 2 rings (SSSR count). The van der Waals surface area contributed by atoms with Crippen molar-refractivity contribution < 1.29 is 19.2 Å². The molecule has 9 nitrogen and oxygen atoms in total. The zero-order valence-corrected chi connectivity index (χ0v) is 26.0. The third-order valence-corrected chi connectivity index (χ3v) is 8.21. The molecule has 0 saturated carbocycles. The van der Waals surface area contributed by atoms with E-state index < -0.39 is 17.5 Å². The summed E-state index contributed by atoms with van der Waals surface area (Å²) in [4.78, 5) is 58.6. The van der Waals surface area contributed by atoms with E-state index in [0.29, 0.717) is 18.5 Å². The second kappa shape index (κ2) is 13.8. The standard InChI is InChI=1S/C30H53N5O4/c1-19(2)24(18-21(5)28(38)35-17-13-15-22(35)26(36)31-9)33(10)29(39)25(30(6,7)8)32-27(37)23-14-11-12-16-34(23)20(3)4/h18-20,22-25H,11-17H2,1-10H3,(H,31,36)(H,32,37)/t22-,23+,24+,25+/m0/s1. The zero-order chi connectivity index (χ0) is 29.7. The number of hydrogen-bond donors (Lipinski definition) is 2. The lowest BCUT2D eigenvalue weighted by molar-refractivity contribution is -0.142. The molecule has 0 spiro atoms. The molecular weight excluding hydrogens is 494 g/mol. The molecular formula is C30H53N5O4. The van der Waals surface area contributed by atoms with Crippen molar-refractivity contribution in [3.8, 4) is 0 Å². The van der Waals surface area contributed by atoms with Crippen LogP contribution >= 0.6 is 0 Å². The van der Waals surface area contributed by atoms with Crippen LogP contribution in [0.5, 0.6) is 0 Å². The Bertz CT molecular complexity index is 923. The molecule has 0 aromatic carbocycles. The van der Waals surface area contributed by atoms with Crippen molar-refractivity contribution in [2.24, 2.45) is 11.3 Å². The van der Waals surface area contributed by atoms with Gasteiger partial charge in [-0.3, -0.25) is 24.1 Å². The summed E-state index contributed by atoms with van der Waals surface area (Å²) >= 11 is 0. The highest BCUT2D eigenvalue weighted by atomic mass is 16.2. The molecule has 2 N–H and O–H groups in total. The molecule has 4 atom stereocenters. The van der Waals surface area contributed by atoms with Crippen molar-refractivity contribution >= 4 is 23.6 Å². The first-order valence-electron chi connectivity index (χ1n) is 14.7. The van der Waals surface area contributed by atoms with Gasteiger partial charge < -0.3 is 20.4 Å². The maximum absolute atomic E-state index is 14.0. The number of nitrogens with zero attached hydrogens (tertiary/aromatic N) is 3. The van der Waals surface area contributed by atoms with Crippen LogP contribution in [-0.2, 0) is 19.2 Å². The number of carbonyl (C=O) groups excluding carboxylic acids is 4. The van der Waals surface area contributed by atoms with Gasteiger partial charge in [0, 0.05) is 32.3 Å². The highest BCUT2D eigenvalue weighted by molar-refractivity contribution is 5.97. The summed E-state index contributed by atoms with van der Waals surface area (Å²) in [6.45, 7) is 17.3. The molecule has 9 heteroatoms. The van der Waals surface area contributed by atoms with Crippen LogP contribution in [0.25, 0.3) is 0 Å². The van der Waals surface area contributed by atoms with E-state index >= 15 is 0 Å². The Morgan fingerprint density at radius 1 is 0.923 bits per heavy atom. The van der Waals surface area contributed by atoms with Gasteiger partial charge in [-0.25, -0.2) is 0 Å². The molecule has 2 heterocycles. The lowest BCUT2D eigenvalue weighted by Gasteiger charge is -2.41. The highest BCUT2D eigenvalue weighted by Gasteiger charge is 2.40. The Balaban J connectivity index is 2.27. The SMILES string of the molecule is CNC(=O)[C@@H]1CCCN1C(=O)C(C)=C[C@H](C(C)C)N(C)C(=O)[C@@H](NC(=O)[C@H]1CCCCN1C(C)C)C(C)(C)C. The molecule has 0 aliphatic carbocycles.